The van der Waals surface area contributed by atoms with Gasteiger partial charge in [-0.1, -0.05) is 17.7 Å². The zero-order chi connectivity index (χ0) is 13.2. The monoisotopic (exact) mass is 289 g/mol. The number of hydrogen-bond donors (Lipinski definition) is 2. The van der Waals surface area contributed by atoms with Gasteiger partial charge in [0.05, 0.1) is 17.7 Å². The summed E-state index contributed by atoms with van der Waals surface area (Å²) in [7, 11) is 0. The van der Waals surface area contributed by atoms with Crippen LogP contribution >= 0.6 is 22.9 Å². The third-order valence-electron chi connectivity index (χ3n) is 2.89. The van der Waals surface area contributed by atoms with E-state index in [-0.39, 0.29) is 0 Å². The maximum absolute atomic E-state index is 6.13. The number of aromatic nitrogens is 1. The van der Waals surface area contributed by atoms with Gasteiger partial charge in [0.15, 0.2) is 0 Å². The van der Waals surface area contributed by atoms with Crippen LogP contribution in [0.2, 0.25) is 5.02 Å². The quantitative estimate of drug-likeness (QED) is 0.762. The Kier molecular flexibility index (Phi) is 3.27. The SMILES string of the molecule is Nc1ccsc1CNc1cc(Cl)cc2cccnc12. The highest BCUT2D eigenvalue weighted by atomic mass is 35.5. The Morgan fingerprint density at radius 3 is 3.00 bits per heavy atom. The fourth-order valence-electron chi connectivity index (χ4n) is 1.96. The fraction of sp³-hybridized carbons (Fsp3) is 0.0714. The number of hydrogen-bond acceptors (Lipinski definition) is 4. The number of nitrogens with two attached hydrogens (primary N) is 1. The Hall–Kier alpha value is -1.78. The van der Waals surface area contributed by atoms with E-state index >= 15 is 0 Å². The molecule has 0 saturated heterocycles. The van der Waals surface area contributed by atoms with Gasteiger partial charge in [-0.15, -0.1) is 11.3 Å². The van der Waals surface area contributed by atoms with Crippen LogP contribution in [0, 0.1) is 0 Å². The molecule has 2 aromatic heterocycles. The first-order valence-electron chi connectivity index (χ1n) is 5.84. The maximum Gasteiger partial charge on any atom is 0.0934 e. The number of rotatable bonds is 3. The molecule has 0 radical (unpaired) electrons. The van der Waals surface area contributed by atoms with Gasteiger partial charge in [0.1, 0.15) is 0 Å². The van der Waals surface area contributed by atoms with Gasteiger partial charge in [-0.25, -0.2) is 0 Å². The molecule has 19 heavy (non-hydrogen) atoms. The smallest absolute Gasteiger partial charge is 0.0934 e. The van der Waals surface area contributed by atoms with Crippen molar-refractivity contribution >= 4 is 45.2 Å². The summed E-state index contributed by atoms with van der Waals surface area (Å²) < 4.78 is 0. The minimum atomic E-state index is 0.676. The standard InChI is InChI=1S/C14H12ClN3S/c15-10-6-9-2-1-4-17-14(9)12(7-10)18-8-13-11(16)3-5-19-13/h1-7,18H,8,16H2. The van der Waals surface area contributed by atoms with Crippen molar-refractivity contribution in [2.45, 2.75) is 6.54 Å². The van der Waals surface area contributed by atoms with Gasteiger partial charge < -0.3 is 11.1 Å². The molecule has 1 aromatic carbocycles. The van der Waals surface area contributed by atoms with Gasteiger partial charge in [-0.3, -0.25) is 4.98 Å². The highest BCUT2D eigenvalue weighted by Gasteiger charge is 2.06. The van der Waals surface area contributed by atoms with Crippen molar-refractivity contribution in [1.29, 1.82) is 0 Å². The van der Waals surface area contributed by atoms with Crippen LogP contribution in [0.5, 0.6) is 0 Å². The molecule has 0 fully saturated rings. The highest BCUT2D eigenvalue weighted by Crippen LogP contribution is 2.28. The van der Waals surface area contributed by atoms with E-state index in [9.17, 15) is 0 Å². The molecule has 0 amide bonds. The van der Waals surface area contributed by atoms with Crippen molar-refractivity contribution in [3.05, 3.63) is 51.8 Å². The molecule has 0 saturated carbocycles. The van der Waals surface area contributed by atoms with Gasteiger partial charge in [0.25, 0.3) is 0 Å². The predicted molar refractivity (Wildman–Crippen MR) is 82.8 cm³/mol. The number of nitrogens with one attached hydrogen (secondary N) is 1. The average Bonchev–Trinajstić information content (AvgIpc) is 2.81. The number of nitrogens with zero attached hydrogens (tertiary/aromatic N) is 1. The van der Waals surface area contributed by atoms with Gasteiger partial charge in [0.2, 0.25) is 0 Å². The third kappa shape index (κ3) is 2.50. The minimum absolute atomic E-state index is 0.676. The molecule has 3 nitrogen and oxygen atoms in total. The second kappa shape index (κ2) is 5.07. The zero-order valence-electron chi connectivity index (χ0n) is 10.1. The van der Waals surface area contributed by atoms with Crippen LogP contribution < -0.4 is 11.1 Å². The fourth-order valence-corrected chi connectivity index (χ4v) is 2.93. The highest BCUT2D eigenvalue weighted by molar-refractivity contribution is 7.10. The van der Waals surface area contributed by atoms with E-state index in [0.29, 0.717) is 11.6 Å². The number of halogens is 1. The molecule has 0 aliphatic carbocycles. The van der Waals surface area contributed by atoms with E-state index in [4.69, 9.17) is 17.3 Å². The van der Waals surface area contributed by atoms with Crippen LogP contribution in [0.3, 0.4) is 0 Å². The van der Waals surface area contributed by atoms with E-state index < -0.39 is 0 Å². The lowest BCUT2D eigenvalue weighted by molar-refractivity contribution is 1.20. The topological polar surface area (TPSA) is 50.9 Å². The summed E-state index contributed by atoms with van der Waals surface area (Å²) in [5, 5.41) is 7.06. The molecule has 0 spiro atoms. The van der Waals surface area contributed by atoms with Gasteiger partial charge in [-0.05, 0) is 29.6 Å². The van der Waals surface area contributed by atoms with Crippen LogP contribution in [-0.2, 0) is 6.54 Å². The Balaban J connectivity index is 1.94. The number of thiophene rings is 1. The van der Waals surface area contributed by atoms with Crippen molar-refractivity contribution in [1.82, 2.24) is 4.98 Å². The summed E-state index contributed by atoms with van der Waals surface area (Å²) in [6, 6.07) is 9.61. The number of pyridine rings is 1. The Morgan fingerprint density at radius 1 is 1.32 bits per heavy atom. The van der Waals surface area contributed by atoms with Crippen LogP contribution in [0.1, 0.15) is 4.88 Å². The van der Waals surface area contributed by atoms with Crippen LogP contribution in [-0.4, -0.2) is 4.98 Å². The molecule has 3 N–H and O–H groups in total. The van der Waals surface area contributed by atoms with Crippen LogP contribution in [0.4, 0.5) is 11.4 Å². The van der Waals surface area contributed by atoms with Crippen molar-refractivity contribution in [2.24, 2.45) is 0 Å². The normalized spacial score (nSPS) is 10.8. The summed E-state index contributed by atoms with van der Waals surface area (Å²) >= 11 is 7.76. The summed E-state index contributed by atoms with van der Waals surface area (Å²) in [6.07, 6.45) is 1.78. The largest absolute Gasteiger partial charge is 0.398 e. The number of benzene rings is 1. The first-order valence-corrected chi connectivity index (χ1v) is 7.10. The number of nitrogen functional groups attached to an aromatic ring is 1. The molecule has 96 valence electrons. The minimum Gasteiger partial charge on any atom is -0.398 e. The molecule has 0 aliphatic rings. The van der Waals surface area contributed by atoms with E-state index in [2.05, 4.69) is 10.3 Å². The zero-order valence-corrected chi connectivity index (χ0v) is 11.6. The second-order valence-corrected chi connectivity index (χ2v) is 5.62. The Bertz CT molecular complexity index is 724. The molecule has 5 heteroatoms. The lowest BCUT2D eigenvalue weighted by atomic mass is 10.2. The molecular weight excluding hydrogens is 278 g/mol. The average molecular weight is 290 g/mol. The first-order chi connectivity index (χ1) is 9.24. The summed E-state index contributed by atoms with van der Waals surface area (Å²) in [6.45, 7) is 0.676. The van der Waals surface area contributed by atoms with Gasteiger partial charge in [-0.2, -0.15) is 0 Å². The van der Waals surface area contributed by atoms with E-state index in [1.54, 1.807) is 17.5 Å². The first kappa shape index (κ1) is 12.3. The number of anilines is 2. The van der Waals surface area contributed by atoms with E-state index in [0.717, 1.165) is 27.2 Å². The lowest BCUT2D eigenvalue weighted by Gasteiger charge is -2.09. The van der Waals surface area contributed by atoms with Crippen LogP contribution in [0.15, 0.2) is 41.9 Å². The predicted octanol–water partition coefficient (Wildman–Crippen LogP) is 4.14. The van der Waals surface area contributed by atoms with E-state index in [1.165, 1.54) is 0 Å². The second-order valence-electron chi connectivity index (χ2n) is 4.18. The van der Waals surface area contributed by atoms with Gasteiger partial charge in [0, 0.05) is 27.2 Å². The lowest BCUT2D eigenvalue weighted by Crippen LogP contribution is -2.01. The van der Waals surface area contributed by atoms with Gasteiger partial charge >= 0.3 is 0 Å². The van der Waals surface area contributed by atoms with Crippen molar-refractivity contribution in [3.63, 3.8) is 0 Å². The Labute approximate surface area is 120 Å². The maximum atomic E-state index is 6.13. The summed E-state index contributed by atoms with van der Waals surface area (Å²) in [5.74, 6) is 0. The van der Waals surface area contributed by atoms with Crippen molar-refractivity contribution in [3.8, 4) is 0 Å². The molecular formula is C14H12ClN3S. The molecule has 0 unspecified atom stereocenters. The molecule has 3 rings (SSSR count). The third-order valence-corrected chi connectivity index (χ3v) is 4.04. The summed E-state index contributed by atoms with van der Waals surface area (Å²) in [5.41, 5.74) is 8.54. The molecule has 0 aliphatic heterocycles. The number of fused-ring (bicyclic) bond motifs is 1. The molecule has 0 atom stereocenters. The van der Waals surface area contributed by atoms with E-state index in [1.807, 2.05) is 35.7 Å². The summed E-state index contributed by atoms with van der Waals surface area (Å²) in [4.78, 5) is 5.51. The van der Waals surface area contributed by atoms with Crippen molar-refractivity contribution in [2.75, 3.05) is 11.1 Å². The van der Waals surface area contributed by atoms with Crippen molar-refractivity contribution < 1.29 is 0 Å². The Morgan fingerprint density at radius 2 is 2.21 bits per heavy atom. The molecule has 0 bridgehead atoms. The molecule has 3 aromatic rings. The van der Waals surface area contributed by atoms with Crippen LogP contribution in [0.25, 0.3) is 10.9 Å². The molecule has 2 heterocycles.